The van der Waals surface area contributed by atoms with Crippen LogP contribution < -0.4 is 5.32 Å². The molecule has 1 aromatic rings. The SMILES string of the molecule is CC1NC(Cc2ccccc2)C(=O)N1C1CCS(=O)CC1. The van der Waals surface area contributed by atoms with Gasteiger partial charge in [0.15, 0.2) is 0 Å². The summed E-state index contributed by atoms with van der Waals surface area (Å²) >= 11 is 0. The molecule has 4 nitrogen and oxygen atoms in total. The number of amides is 1. The van der Waals surface area contributed by atoms with Crippen LogP contribution in [-0.4, -0.2) is 44.8 Å². The van der Waals surface area contributed by atoms with Crippen molar-refractivity contribution in [1.29, 1.82) is 0 Å². The first-order valence-corrected chi connectivity index (χ1v) is 9.11. The average Bonchev–Trinajstić information content (AvgIpc) is 2.76. The summed E-state index contributed by atoms with van der Waals surface area (Å²) in [6, 6.07) is 10.2. The fourth-order valence-corrected chi connectivity index (χ4v) is 4.64. The standard InChI is InChI=1S/C16H22N2O2S/c1-12-17-15(11-13-5-3-2-4-6-13)16(19)18(12)14-7-9-21(20)10-8-14/h2-6,12,14-15,17H,7-11H2,1H3. The Morgan fingerprint density at radius 3 is 2.57 bits per heavy atom. The fraction of sp³-hybridized carbons (Fsp3) is 0.562. The van der Waals surface area contributed by atoms with Crippen LogP contribution in [-0.2, 0) is 22.0 Å². The summed E-state index contributed by atoms with van der Waals surface area (Å²) in [6.45, 7) is 2.05. The Labute approximate surface area is 128 Å². The molecule has 21 heavy (non-hydrogen) atoms. The second kappa shape index (κ2) is 6.28. The van der Waals surface area contributed by atoms with Gasteiger partial charge in [-0.15, -0.1) is 0 Å². The number of carbonyl (C=O) groups is 1. The van der Waals surface area contributed by atoms with Crippen molar-refractivity contribution in [2.45, 2.75) is 44.4 Å². The van der Waals surface area contributed by atoms with Gasteiger partial charge in [0.05, 0.1) is 12.2 Å². The van der Waals surface area contributed by atoms with Crippen molar-refractivity contribution in [2.75, 3.05) is 11.5 Å². The minimum absolute atomic E-state index is 0.0720. The van der Waals surface area contributed by atoms with E-state index in [4.69, 9.17) is 0 Å². The molecule has 2 fully saturated rings. The molecule has 2 saturated heterocycles. The summed E-state index contributed by atoms with van der Waals surface area (Å²) < 4.78 is 11.5. The molecule has 0 bridgehead atoms. The van der Waals surface area contributed by atoms with Gasteiger partial charge in [0, 0.05) is 28.3 Å². The lowest BCUT2D eigenvalue weighted by molar-refractivity contribution is -0.132. The van der Waals surface area contributed by atoms with Crippen LogP contribution in [0.25, 0.3) is 0 Å². The van der Waals surface area contributed by atoms with Gasteiger partial charge in [-0.25, -0.2) is 0 Å². The number of hydrogen-bond acceptors (Lipinski definition) is 3. The molecule has 0 radical (unpaired) electrons. The maximum absolute atomic E-state index is 12.7. The van der Waals surface area contributed by atoms with Crippen molar-refractivity contribution < 1.29 is 9.00 Å². The Bertz CT molecular complexity index is 524. The molecule has 0 aromatic heterocycles. The van der Waals surface area contributed by atoms with Crippen LogP contribution >= 0.6 is 0 Å². The van der Waals surface area contributed by atoms with Gasteiger partial charge in [0.2, 0.25) is 5.91 Å². The van der Waals surface area contributed by atoms with Crippen LogP contribution in [0.4, 0.5) is 0 Å². The summed E-state index contributed by atoms with van der Waals surface area (Å²) in [5.41, 5.74) is 1.18. The van der Waals surface area contributed by atoms with Gasteiger partial charge < -0.3 is 4.90 Å². The monoisotopic (exact) mass is 306 g/mol. The number of benzene rings is 1. The van der Waals surface area contributed by atoms with Crippen LogP contribution in [0.5, 0.6) is 0 Å². The first-order chi connectivity index (χ1) is 10.1. The molecule has 1 aromatic carbocycles. The van der Waals surface area contributed by atoms with Crippen LogP contribution in [0.15, 0.2) is 30.3 Å². The van der Waals surface area contributed by atoms with Crippen molar-refractivity contribution >= 4 is 16.7 Å². The van der Waals surface area contributed by atoms with E-state index in [1.165, 1.54) is 5.56 Å². The number of nitrogens with one attached hydrogen (secondary N) is 1. The van der Waals surface area contributed by atoms with Crippen LogP contribution in [0.1, 0.15) is 25.3 Å². The lowest BCUT2D eigenvalue weighted by Gasteiger charge is -2.33. The quantitative estimate of drug-likeness (QED) is 0.915. The molecular weight excluding hydrogens is 284 g/mol. The van der Waals surface area contributed by atoms with E-state index in [0.717, 1.165) is 30.8 Å². The third kappa shape index (κ3) is 3.19. The van der Waals surface area contributed by atoms with Crippen molar-refractivity contribution in [3.8, 4) is 0 Å². The molecule has 114 valence electrons. The zero-order chi connectivity index (χ0) is 14.8. The Morgan fingerprint density at radius 2 is 1.90 bits per heavy atom. The second-order valence-electron chi connectivity index (χ2n) is 5.91. The molecule has 3 rings (SSSR count). The number of nitrogens with zero attached hydrogens (tertiary/aromatic N) is 1. The molecule has 0 aliphatic carbocycles. The van der Waals surface area contributed by atoms with Crippen LogP contribution in [0, 0.1) is 0 Å². The van der Waals surface area contributed by atoms with E-state index in [1.807, 2.05) is 23.1 Å². The molecule has 2 aliphatic rings. The Hall–Kier alpha value is -1.20. The van der Waals surface area contributed by atoms with E-state index >= 15 is 0 Å². The van der Waals surface area contributed by atoms with Gasteiger partial charge in [0.1, 0.15) is 0 Å². The molecule has 0 spiro atoms. The van der Waals surface area contributed by atoms with Gasteiger partial charge in [0.25, 0.3) is 0 Å². The van der Waals surface area contributed by atoms with E-state index in [2.05, 4.69) is 24.4 Å². The van der Waals surface area contributed by atoms with E-state index < -0.39 is 10.8 Å². The van der Waals surface area contributed by atoms with Crippen molar-refractivity contribution in [1.82, 2.24) is 10.2 Å². The Kier molecular flexibility index (Phi) is 4.40. The van der Waals surface area contributed by atoms with Crippen molar-refractivity contribution in [2.24, 2.45) is 0 Å². The molecular formula is C16H22N2O2S. The molecule has 0 saturated carbocycles. The van der Waals surface area contributed by atoms with E-state index in [0.29, 0.717) is 0 Å². The molecule has 2 heterocycles. The lowest BCUT2D eigenvalue weighted by Crippen LogP contribution is -2.46. The van der Waals surface area contributed by atoms with Crippen molar-refractivity contribution in [3.63, 3.8) is 0 Å². The highest BCUT2D eigenvalue weighted by Crippen LogP contribution is 2.24. The zero-order valence-electron chi connectivity index (χ0n) is 12.3. The number of rotatable bonds is 3. The highest BCUT2D eigenvalue weighted by atomic mass is 32.2. The summed E-state index contributed by atoms with van der Waals surface area (Å²) in [5.74, 6) is 1.65. The highest BCUT2D eigenvalue weighted by molar-refractivity contribution is 7.85. The third-order valence-electron chi connectivity index (χ3n) is 4.45. The summed E-state index contributed by atoms with van der Waals surface area (Å²) in [6.07, 6.45) is 2.53. The summed E-state index contributed by atoms with van der Waals surface area (Å²) in [5, 5.41) is 3.41. The Balaban J connectivity index is 1.67. The van der Waals surface area contributed by atoms with Gasteiger partial charge in [-0.1, -0.05) is 30.3 Å². The average molecular weight is 306 g/mol. The normalized spacial score (nSPS) is 33.4. The van der Waals surface area contributed by atoms with E-state index in [-0.39, 0.29) is 24.2 Å². The predicted octanol–water partition coefficient (Wildman–Crippen LogP) is 1.29. The first kappa shape index (κ1) is 14.7. The van der Waals surface area contributed by atoms with Gasteiger partial charge in [-0.2, -0.15) is 0 Å². The maximum atomic E-state index is 12.7. The number of hydrogen-bond donors (Lipinski definition) is 1. The summed E-state index contributed by atoms with van der Waals surface area (Å²) in [7, 11) is -0.682. The topological polar surface area (TPSA) is 49.4 Å². The van der Waals surface area contributed by atoms with Gasteiger partial charge in [-0.05, 0) is 31.7 Å². The summed E-state index contributed by atoms with van der Waals surface area (Å²) in [4.78, 5) is 14.7. The molecule has 1 amide bonds. The van der Waals surface area contributed by atoms with Crippen molar-refractivity contribution in [3.05, 3.63) is 35.9 Å². The minimum Gasteiger partial charge on any atom is -0.323 e. The minimum atomic E-state index is -0.682. The van der Waals surface area contributed by atoms with Crippen LogP contribution in [0.2, 0.25) is 0 Å². The highest BCUT2D eigenvalue weighted by Gasteiger charge is 2.40. The maximum Gasteiger partial charge on any atom is 0.241 e. The lowest BCUT2D eigenvalue weighted by atomic mass is 10.0. The smallest absolute Gasteiger partial charge is 0.241 e. The molecule has 2 unspecified atom stereocenters. The number of carbonyl (C=O) groups excluding carboxylic acids is 1. The zero-order valence-corrected chi connectivity index (χ0v) is 13.1. The van der Waals surface area contributed by atoms with Gasteiger partial charge in [-0.3, -0.25) is 14.3 Å². The first-order valence-electron chi connectivity index (χ1n) is 7.62. The largest absolute Gasteiger partial charge is 0.323 e. The molecule has 1 N–H and O–H groups in total. The van der Waals surface area contributed by atoms with Gasteiger partial charge >= 0.3 is 0 Å². The predicted molar refractivity (Wildman–Crippen MR) is 84.3 cm³/mol. The third-order valence-corrected chi connectivity index (χ3v) is 5.83. The van der Waals surface area contributed by atoms with E-state index in [9.17, 15) is 9.00 Å². The molecule has 5 heteroatoms. The molecule has 2 atom stereocenters. The van der Waals surface area contributed by atoms with Crippen LogP contribution in [0.3, 0.4) is 0 Å². The second-order valence-corrected chi connectivity index (χ2v) is 7.61. The Morgan fingerprint density at radius 1 is 1.24 bits per heavy atom. The molecule has 2 aliphatic heterocycles. The fourth-order valence-electron chi connectivity index (χ4n) is 3.37. The van der Waals surface area contributed by atoms with E-state index in [1.54, 1.807) is 0 Å².